The van der Waals surface area contributed by atoms with E-state index in [1.54, 1.807) is 0 Å². The van der Waals surface area contributed by atoms with Gasteiger partial charge in [0.25, 0.3) is 0 Å². The summed E-state index contributed by atoms with van der Waals surface area (Å²) in [6.45, 7) is 8.29. The summed E-state index contributed by atoms with van der Waals surface area (Å²) in [5.41, 5.74) is 2.62. The van der Waals surface area contributed by atoms with E-state index < -0.39 is 0 Å². The maximum absolute atomic E-state index is 2.12. The van der Waals surface area contributed by atoms with Gasteiger partial charge in [0, 0.05) is 0 Å². The first-order valence-electron chi connectivity index (χ1n) is 4.32. The highest BCUT2D eigenvalue weighted by atomic mass is 13.9. The van der Waals surface area contributed by atoms with Gasteiger partial charge in [-0.15, -0.1) is 0 Å². The van der Waals surface area contributed by atoms with Gasteiger partial charge >= 0.3 is 0 Å². The Morgan fingerprint density at radius 2 is 1.08 bits per heavy atom. The smallest absolute Gasteiger partial charge is 0.0395 e. The van der Waals surface area contributed by atoms with Gasteiger partial charge in [-0.2, -0.15) is 0 Å². The van der Waals surface area contributed by atoms with Gasteiger partial charge < -0.3 is 0 Å². The number of rotatable bonds is 3. The molecule has 0 aliphatic heterocycles. The standard InChI is InChI=1S/C12H18/c1-5-7-9-11(3)12(4)10-8-6-2/h5-10H,1-4H3. The maximum atomic E-state index is 2.12. The van der Waals surface area contributed by atoms with Gasteiger partial charge in [0.05, 0.1) is 0 Å². The summed E-state index contributed by atoms with van der Waals surface area (Å²) in [4.78, 5) is 0. The molecule has 12 heavy (non-hydrogen) atoms. The molecule has 0 spiro atoms. The molecule has 0 heteroatoms. The molecule has 0 atom stereocenters. The van der Waals surface area contributed by atoms with Crippen molar-refractivity contribution in [2.75, 3.05) is 0 Å². The lowest BCUT2D eigenvalue weighted by Gasteiger charge is -1.96. The lowest BCUT2D eigenvalue weighted by atomic mass is 10.1. The van der Waals surface area contributed by atoms with E-state index in [0.717, 1.165) is 0 Å². The second-order valence-corrected chi connectivity index (χ2v) is 2.75. The van der Waals surface area contributed by atoms with Crippen molar-refractivity contribution in [1.29, 1.82) is 0 Å². The predicted molar refractivity (Wildman–Crippen MR) is 57.1 cm³/mol. The van der Waals surface area contributed by atoms with Crippen LogP contribution in [0.4, 0.5) is 0 Å². The highest BCUT2D eigenvalue weighted by Crippen LogP contribution is 2.07. The van der Waals surface area contributed by atoms with Crippen LogP contribution in [-0.2, 0) is 0 Å². The molecule has 0 heterocycles. The Morgan fingerprint density at radius 3 is 1.33 bits per heavy atom. The average molecular weight is 162 g/mol. The lowest BCUT2D eigenvalue weighted by molar-refractivity contribution is 1.34. The number of hydrogen-bond donors (Lipinski definition) is 0. The molecule has 0 aromatic rings. The second-order valence-electron chi connectivity index (χ2n) is 2.75. The molecule has 0 amide bonds. The van der Waals surface area contributed by atoms with Gasteiger partial charge in [0.2, 0.25) is 0 Å². The molecule has 66 valence electrons. The van der Waals surface area contributed by atoms with Crippen LogP contribution in [0, 0.1) is 0 Å². The summed E-state index contributed by atoms with van der Waals surface area (Å²) in [5, 5.41) is 0. The van der Waals surface area contributed by atoms with E-state index in [2.05, 4.69) is 38.2 Å². The van der Waals surface area contributed by atoms with Gasteiger partial charge in [0.1, 0.15) is 0 Å². The minimum absolute atomic E-state index is 1.31. The van der Waals surface area contributed by atoms with E-state index >= 15 is 0 Å². The van der Waals surface area contributed by atoms with Crippen LogP contribution in [0.3, 0.4) is 0 Å². The molecular formula is C12H18. The fraction of sp³-hybridized carbons (Fsp3) is 0.333. The third-order valence-corrected chi connectivity index (χ3v) is 1.70. The molecule has 0 nitrogen and oxygen atoms in total. The molecule has 0 saturated heterocycles. The molecular weight excluding hydrogens is 144 g/mol. The van der Waals surface area contributed by atoms with Gasteiger partial charge in [-0.05, 0) is 38.8 Å². The lowest BCUT2D eigenvalue weighted by Crippen LogP contribution is -1.76. The predicted octanol–water partition coefficient (Wildman–Crippen LogP) is 4.03. The molecule has 0 aromatic heterocycles. The van der Waals surface area contributed by atoms with Crippen LogP contribution >= 0.6 is 0 Å². The van der Waals surface area contributed by atoms with E-state index in [0.29, 0.717) is 0 Å². The maximum Gasteiger partial charge on any atom is -0.0395 e. The van der Waals surface area contributed by atoms with Crippen molar-refractivity contribution in [2.24, 2.45) is 0 Å². The van der Waals surface area contributed by atoms with E-state index in [1.165, 1.54) is 11.1 Å². The Balaban J connectivity index is 4.36. The average Bonchev–Trinajstić information content (AvgIpc) is 2.10. The first kappa shape index (κ1) is 11.0. The van der Waals surface area contributed by atoms with Gasteiger partial charge in [0.15, 0.2) is 0 Å². The third-order valence-electron chi connectivity index (χ3n) is 1.70. The van der Waals surface area contributed by atoms with Crippen LogP contribution in [0.1, 0.15) is 27.7 Å². The molecule has 0 rings (SSSR count). The van der Waals surface area contributed by atoms with E-state index in [9.17, 15) is 0 Å². The van der Waals surface area contributed by atoms with Crippen LogP contribution < -0.4 is 0 Å². The first-order chi connectivity index (χ1) is 5.72. The van der Waals surface area contributed by atoms with Gasteiger partial charge in [-0.1, -0.05) is 36.5 Å². The van der Waals surface area contributed by atoms with Crippen molar-refractivity contribution >= 4 is 0 Å². The number of allylic oxidation sites excluding steroid dienone is 8. The van der Waals surface area contributed by atoms with Crippen LogP contribution in [0.5, 0.6) is 0 Å². The van der Waals surface area contributed by atoms with Crippen molar-refractivity contribution in [3.63, 3.8) is 0 Å². The first-order valence-corrected chi connectivity index (χ1v) is 4.32. The zero-order chi connectivity index (χ0) is 9.40. The zero-order valence-electron chi connectivity index (χ0n) is 8.46. The molecule has 0 aliphatic carbocycles. The minimum atomic E-state index is 1.31. The summed E-state index contributed by atoms with van der Waals surface area (Å²) < 4.78 is 0. The number of hydrogen-bond acceptors (Lipinski definition) is 0. The SMILES string of the molecule is CC=CC=C(C)C(C)=CC=CC. The normalized spacial score (nSPS) is 15.0. The van der Waals surface area contributed by atoms with E-state index in [4.69, 9.17) is 0 Å². The van der Waals surface area contributed by atoms with Crippen molar-refractivity contribution in [1.82, 2.24) is 0 Å². The Kier molecular flexibility index (Phi) is 6.08. The van der Waals surface area contributed by atoms with E-state index in [1.807, 2.05) is 26.0 Å². The zero-order valence-corrected chi connectivity index (χ0v) is 8.46. The summed E-state index contributed by atoms with van der Waals surface area (Å²) in [6, 6.07) is 0. The summed E-state index contributed by atoms with van der Waals surface area (Å²) in [7, 11) is 0. The monoisotopic (exact) mass is 162 g/mol. The summed E-state index contributed by atoms with van der Waals surface area (Å²) >= 11 is 0. The highest BCUT2D eigenvalue weighted by Gasteiger charge is 1.87. The molecule has 0 unspecified atom stereocenters. The molecule has 0 fully saturated rings. The molecule has 0 radical (unpaired) electrons. The van der Waals surface area contributed by atoms with E-state index in [-0.39, 0.29) is 0 Å². The summed E-state index contributed by atoms with van der Waals surface area (Å²) in [5.74, 6) is 0. The van der Waals surface area contributed by atoms with Crippen LogP contribution in [0.15, 0.2) is 47.6 Å². The quantitative estimate of drug-likeness (QED) is 0.549. The molecule has 0 bridgehead atoms. The molecule has 0 N–H and O–H groups in total. The highest BCUT2D eigenvalue weighted by molar-refractivity contribution is 5.32. The summed E-state index contributed by atoms with van der Waals surface area (Å²) in [6.07, 6.45) is 12.4. The Labute approximate surface area is 76.0 Å². The Hall–Kier alpha value is -1.04. The van der Waals surface area contributed by atoms with Crippen molar-refractivity contribution in [2.45, 2.75) is 27.7 Å². The minimum Gasteiger partial charge on any atom is -0.0877 e. The fourth-order valence-corrected chi connectivity index (χ4v) is 0.744. The Morgan fingerprint density at radius 1 is 0.750 bits per heavy atom. The topological polar surface area (TPSA) is 0 Å². The molecule has 0 aliphatic rings. The van der Waals surface area contributed by atoms with Gasteiger partial charge in [-0.25, -0.2) is 0 Å². The Bertz CT molecular complexity index is 198. The van der Waals surface area contributed by atoms with Crippen LogP contribution in [0.2, 0.25) is 0 Å². The second kappa shape index (κ2) is 6.66. The molecule has 0 saturated carbocycles. The van der Waals surface area contributed by atoms with Crippen molar-refractivity contribution in [3.05, 3.63) is 47.6 Å². The van der Waals surface area contributed by atoms with Crippen LogP contribution in [0.25, 0.3) is 0 Å². The largest absolute Gasteiger partial charge is 0.0877 e. The fourth-order valence-electron chi connectivity index (χ4n) is 0.744. The van der Waals surface area contributed by atoms with Crippen molar-refractivity contribution in [3.8, 4) is 0 Å². The van der Waals surface area contributed by atoms with Crippen molar-refractivity contribution < 1.29 is 0 Å². The molecule has 0 aromatic carbocycles. The van der Waals surface area contributed by atoms with Gasteiger partial charge in [-0.3, -0.25) is 0 Å². The third kappa shape index (κ3) is 4.73. The van der Waals surface area contributed by atoms with Crippen LogP contribution in [-0.4, -0.2) is 0 Å².